The van der Waals surface area contributed by atoms with E-state index in [2.05, 4.69) is 5.32 Å². The van der Waals surface area contributed by atoms with Gasteiger partial charge in [-0.25, -0.2) is 0 Å². The second-order valence-corrected chi connectivity index (χ2v) is 8.98. The van der Waals surface area contributed by atoms with Gasteiger partial charge in [0.2, 0.25) is 11.8 Å². The zero-order valence-electron chi connectivity index (χ0n) is 18.0. The molecule has 0 saturated heterocycles. The van der Waals surface area contributed by atoms with E-state index in [0.29, 0.717) is 15.6 Å². The summed E-state index contributed by atoms with van der Waals surface area (Å²) in [5.74, 6) is 0.255. The van der Waals surface area contributed by atoms with Crippen molar-refractivity contribution in [3.8, 4) is 5.75 Å². The van der Waals surface area contributed by atoms with Crippen LogP contribution in [0.1, 0.15) is 38.8 Å². The fourth-order valence-electron chi connectivity index (χ4n) is 2.94. The number of nitrogens with one attached hydrogen (secondary N) is 1. The van der Waals surface area contributed by atoms with Gasteiger partial charge in [-0.2, -0.15) is 0 Å². The largest absolute Gasteiger partial charge is 0.497 e. The van der Waals surface area contributed by atoms with Crippen molar-refractivity contribution in [2.24, 2.45) is 0 Å². The number of carbonyl (C=O) groups excluding carboxylic acids is 2. The van der Waals surface area contributed by atoms with E-state index in [1.54, 1.807) is 37.1 Å². The van der Waals surface area contributed by atoms with Gasteiger partial charge in [0.05, 0.1) is 13.5 Å². The maximum Gasteiger partial charge on any atom is 0.242 e. The second-order valence-electron chi connectivity index (χ2n) is 8.16. The van der Waals surface area contributed by atoms with Gasteiger partial charge in [0, 0.05) is 22.1 Å². The van der Waals surface area contributed by atoms with E-state index in [1.165, 1.54) is 0 Å². The molecule has 2 aromatic rings. The van der Waals surface area contributed by atoms with Gasteiger partial charge in [0.15, 0.2) is 0 Å². The Balaban J connectivity index is 2.31. The van der Waals surface area contributed by atoms with E-state index in [4.69, 9.17) is 27.9 Å². The molecule has 0 aliphatic rings. The van der Waals surface area contributed by atoms with Crippen LogP contribution in [0.15, 0.2) is 42.5 Å². The number of ether oxygens (including phenoxy) is 1. The van der Waals surface area contributed by atoms with Gasteiger partial charge in [0.25, 0.3) is 0 Å². The number of hydrogen-bond donors (Lipinski definition) is 1. The number of nitrogens with zero attached hydrogens (tertiary/aromatic N) is 1. The molecule has 0 spiro atoms. The Morgan fingerprint density at radius 1 is 1.07 bits per heavy atom. The van der Waals surface area contributed by atoms with Gasteiger partial charge in [-0.3, -0.25) is 9.59 Å². The van der Waals surface area contributed by atoms with E-state index in [1.807, 2.05) is 45.0 Å². The number of carbonyl (C=O) groups is 2. The number of halogens is 2. The highest BCUT2D eigenvalue weighted by molar-refractivity contribution is 6.36. The average Bonchev–Trinajstić information content (AvgIpc) is 2.67. The van der Waals surface area contributed by atoms with Crippen LogP contribution in [0.2, 0.25) is 10.0 Å². The van der Waals surface area contributed by atoms with Crippen molar-refractivity contribution >= 4 is 35.0 Å². The molecule has 7 heteroatoms. The summed E-state index contributed by atoms with van der Waals surface area (Å²) in [4.78, 5) is 27.6. The molecule has 1 N–H and O–H groups in total. The third-order valence-electron chi connectivity index (χ3n) is 4.57. The molecule has 0 aliphatic heterocycles. The average molecular weight is 451 g/mol. The lowest BCUT2D eigenvalue weighted by atomic mass is 10.1. The molecule has 0 aliphatic carbocycles. The van der Waals surface area contributed by atoms with Gasteiger partial charge in [-0.1, -0.05) is 41.4 Å². The quantitative estimate of drug-likeness (QED) is 0.653. The predicted molar refractivity (Wildman–Crippen MR) is 121 cm³/mol. The van der Waals surface area contributed by atoms with Gasteiger partial charge in [-0.05, 0) is 63.1 Å². The van der Waals surface area contributed by atoms with Crippen molar-refractivity contribution in [2.45, 2.75) is 52.2 Å². The molecule has 0 heterocycles. The third kappa shape index (κ3) is 6.64. The molecule has 5 nitrogen and oxygen atoms in total. The Morgan fingerprint density at radius 2 is 1.63 bits per heavy atom. The van der Waals surface area contributed by atoms with Crippen molar-refractivity contribution in [3.05, 3.63) is 63.6 Å². The number of rotatable bonds is 7. The number of methoxy groups -OCH3 is 1. The van der Waals surface area contributed by atoms with Crippen LogP contribution in [0, 0.1) is 0 Å². The van der Waals surface area contributed by atoms with E-state index in [-0.39, 0.29) is 24.8 Å². The van der Waals surface area contributed by atoms with Crippen molar-refractivity contribution < 1.29 is 14.3 Å². The van der Waals surface area contributed by atoms with Crippen LogP contribution in [-0.2, 0) is 22.6 Å². The van der Waals surface area contributed by atoms with Gasteiger partial charge in [0.1, 0.15) is 11.8 Å². The fraction of sp³-hybridized carbons (Fsp3) is 0.391. The molecule has 30 heavy (non-hydrogen) atoms. The van der Waals surface area contributed by atoms with E-state index >= 15 is 0 Å². The van der Waals surface area contributed by atoms with Crippen LogP contribution in [-0.4, -0.2) is 35.4 Å². The summed E-state index contributed by atoms with van der Waals surface area (Å²) in [5, 5.41) is 3.79. The maximum absolute atomic E-state index is 13.3. The first-order valence-corrected chi connectivity index (χ1v) is 10.4. The Morgan fingerprint density at radius 3 is 2.13 bits per heavy atom. The SMILES string of the molecule is COc1ccc(CN(C(=O)Cc2c(Cl)cccc2Cl)[C@@H](C)C(=O)NC(C)(C)C)cc1. The molecule has 2 amide bonds. The number of amides is 2. The highest BCUT2D eigenvalue weighted by Crippen LogP contribution is 2.26. The summed E-state index contributed by atoms with van der Waals surface area (Å²) in [5.41, 5.74) is 1.02. The number of benzene rings is 2. The van der Waals surface area contributed by atoms with Crippen LogP contribution >= 0.6 is 23.2 Å². The minimum Gasteiger partial charge on any atom is -0.497 e. The van der Waals surface area contributed by atoms with Crippen LogP contribution in [0.3, 0.4) is 0 Å². The summed E-state index contributed by atoms with van der Waals surface area (Å²) >= 11 is 12.5. The summed E-state index contributed by atoms with van der Waals surface area (Å²) in [6, 6.07) is 11.8. The summed E-state index contributed by atoms with van der Waals surface area (Å²) in [6.07, 6.45) is 0.00178. The minimum absolute atomic E-state index is 0.00178. The zero-order valence-corrected chi connectivity index (χ0v) is 19.5. The van der Waals surface area contributed by atoms with Gasteiger partial charge < -0.3 is 15.0 Å². The lowest BCUT2D eigenvalue weighted by Crippen LogP contribution is -2.52. The standard InChI is InChI=1S/C23H28Cl2N2O3/c1-15(22(29)26-23(2,3)4)27(14-16-9-11-17(30-5)12-10-16)21(28)13-18-19(24)7-6-8-20(18)25/h6-12,15H,13-14H2,1-5H3,(H,26,29)/t15-/m0/s1. The molecule has 0 unspecified atom stereocenters. The van der Waals surface area contributed by atoms with Gasteiger partial charge in [-0.15, -0.1) is 0 Å². The first-order chi connectivity index (χ1) is 14.0. The Labute approximate surface area is 188 Å². The summed E-state index contributed by atoms with van der Waals surface area (Å²) in [6.45, 7) is 7.69. The van der Waals surface area contributed by atoms with E-state index < -0.39 is 11.6 Å². The molecule has 0 fully saturated rings. The Bertz CT molecular complexity index is 872. The van der Waals surface area contributed by atoms with Crippen molar-refractivity contribution in [1.82, 2.24) is 10.2 Å². The molecular formula is C23H28Cl2N2O3. The first-order valence-electron chi connectivity index (χ1n) is 9.69. The highest BCUT2D eigenvalue weighted by Gasteiger charge is 2.29. The van der Waals surface area contributed by atoms with Crippen LogP contribution in [0.5, 0.6) is 5.75 Å². The van der Waals surface area contributed by atoms with E-state index in [0.717, 1.165) is 11.3 Å². The molecule has 1 atom stereocenters. The summed E-state index contributed by atoms with van der Waals surface area (Å²) in [7, 11) is 1.59. The van der Waals surface area contributed by atoms with Gasteiger partial charge >= 0.3 is 0 Å². The molecule has 0 radical (unpaired) electrons. The van der Waals surface area contributed by atoms with Crippen molar-refractivity contribution in [1.29, 1.82) is 0 Å². The molecule has 2 rings (SSSR count). The van der Waals surface area contributed by atoms with E-state index in [9.17, 15) is 9.59 Å². The third-order valence-corrected chi connectivity index (χ3v) is 5.28. The molecular weight excluding hydrogens is 423 g/mol. The maximum atomic E-state index is 13.3. The molecule has 0 aromatic heterocycles. The number of hydrogen-bond acceptors (Lipinski definition) is 3. The molecule has 2 aromatic carbocycles. The Hall–Kier alpha value is -2.24. The van der Waals surface area contributed by atoms with Crippen molar-refractivity contribution in [2.75, 3.05) is 7.11 Å². The lowest BCUT2D eigenvalue weighted by molar-refractivity contribution is -0.140. The highest BCUT2D eigenvalue weighted by atomic mass is 35.5. The van der Waals surface area contributed by atoms with Crippen LogP contribution in [0.4, 0.5) is 0 Å². The monoisotopic (exact) mass is 450 g/mol. The Kier molecular flexibility index (Phi) is 8.16. The summed E-state index contributed by atoms with van der Waals surface area (Å²) < 4.78 is 5.19. The molecule has 0 saturated carbocycles. The smallest absolute Gasteiger partial charge is 0.242 e. The molecule has 162 valence electrons. The van der Waals surface area contributed by atoms with Crippen molar-refractivity contribution in [3.63, 3.8) is 0 Å². The van der Waals surface area contributed by atoms with Crippen LogP contribution < -0.4 is 10.1 Å². The fourth-order valence-corrected chi connectivity index (χ4v) is 3.47. The minimum atomic E-state index is -0.680. The zero-order chi connectivity index (χ0) is 22.5. The van der Waals surface area contributed by atoms with Crippen LogP contribution in [0.25, 0.3) is 0 Å². The first kappa shape index (κ1) is 24.0. The normalized spacial score (nSPS) is 12.2. The lowest BCUT2D eigenvalue weighted by Gasteiger charge is -2.31. The topological polar surface area (TPSA) is 58.6 Å². The molecule has 0 bridgehead atoms. The predicted octanol–water partition coefficient (Wildman–Crippen LogP) is 4.88. The second kappa shape index (κ2) is 10.2.